The lowest BCUT2D eigenvalue weighted by Crippen LogP contribution is -2.25. The van der Waals surface area contributed by atoms with Gasteiger partial charge in [-0.15, -0.1) is 8.78 Å². The van der Waals surface area contributed by atoms with Crippen molar-refractivity contribution in [2.75, 3.05) is 5.32 Å². The highest BCUT2D eigenvalue weighted by Gasteiger charge is 2.43. The molecule has 2 aromatic carbocycles. The van der Waals surface area contributed by atoms with Gasteiger partial charge in [0, 0.05) is 17.7 Å². The van der Waals surface area contributed by atoms with Crippen LogP contribution < -0.4 is 14.8 Å². The third kappa shape index (κ3) is 3.84. The molecule has 6 nitrogen and oxygen atoms in total. The lowest BCUT2D eigenvalue weighted by Gasteiger charge is -2.04. The number of carbonyl (C=O) groups is 1. The number of nitrogens with one attached hydrogen (secondary N) is 2. The molecule has 0 aliphatic carbocycles. The maximum atomic E-state index is 13.1. The van der Waals surface area contributed by atoms with Crippen molar-refractivity contribution in [1.29, 1.82) is 0 Å². The molecule has 8 heteroatoms. The Morgan fingerprint density at radius 2 is 1.78 bits per heavy atom. The molecule has 2 heterocycles. The topological polar surface area (TPSA) is 76.2 Å². The minimum atomic E-state index is -3.68. The van der Waals surface area contributed by atoms with E-state index in [2.05, 4.69) is 24.8 Å². The molecule has 1 aromatic heterocycles. The molecule has 142 valence electrons. The van der Waals surface area contributed by atoms with E-state index in [9.17, 15) is 13.6 Å². The van der Waals surface area contributed by atoms with E-state index in [1.165, 1.54) is 12.1 Å². The Labute approximate surface area is 154 Å². The van der Waals surface area contributed by atoms with E-state index < -0.39 is 6.29 Å². The molecule has 0 radical (unpaired) electrons. The molecule has 27 heavy (non-hydrogen) atoms. The first-order valence-corrected chi connectivity index (χ1v) is 8.63. The van der Waals surface area contributed by atoms with E-state index in [1.807, 2.05) is 32.9 Å². The molecule has 2 N–H and O–H groups in total. The number of H-pyrrole nitrogens is 1. The van der Waals surface area contributed by atoms with Crippen LogP contribution in [0.2, 0.25) is 0 Å². The summed E-state index contributed by atoms with van der Waals surface area (Å²) in [5.41, 5.74) is 2.44. The van der Waals surface area contributed by atoms with Crippen LogP contribution in [-0.4, -0.2) is 22.2 Å². The number of alkyl halides is 2. The molecule has 0 bridgehead atoms. The van der Waals surface area contributed by atoms with Gasteiger partial charge < -0.3 is 14.5 Å². The Bertz CT molecular complexity index is 923. The summed E-state index contributed by atoms with van der Waals surface area (Å²) in [5.74, 6) is -0.311. The van der Waals surface area contributed by atoms with Crippen molar-refractivity contribution in [3.05, 3.63) is 47.5 Å². The first kappa shape index (κ1) is 18.6. The molecular formula is C19H19F2N3O3. The number of hydrogen-bond acceptors (Lipinski definition) is 4. The largest absolute Gasteiger partial charge is 0.586 e. The van der Waals surface area contributed by atoms with E-state index in [0.717, 1.165) is 12.0 Å². The summed E-state index contributed by atoms with van der Waals surface area (Å²) in [6.45, 7) is 6.03. The summed E-state index contributed by atoms with van der Waals surface area (Å²) in [7, 11) is 0. The molecule has 1 aliphatic heterocycles. The van der Waals surface area contributed by atoms with Crippen LogP contribution in [0.15, 0.2) is 36.4 Å². The minimum Gasteiger partial charge on any atom is -0.395 e. The van der Waals surface area contributed by atoms with Gasteiger partial charge in [0.25, 0.3) is 5.91 Å². The molecule has 0 saturated heterocycles. The van der Waals surface area contributed by atoms with Crippen molar-refractivity contribution in [3.63, 3.8) is 0 Å². The Morgan fingerprint density at radius 1 is 1.15 bits per heavy atom. The number of benzene rings is 2. The Kier molecular flexibility index (Phi) is 4.98. The van der Waals surface area contributed by atoms with E-state index in [4.69, 9.17) is 0 Å². The van der Waals surface area contributed by atoms with Gasteiger partial charge in [-0.25, -0.2) is 4.98 Å². The zero-order valence-electron chi connectivity index (χ0n) is 15.1. The maximum Gasteiger partial charge on any atom is 0.586 e. The number of carbonyl (C=O) groups excluding carboxylic acids is 1. The van der Waals surface area contributed by atoms with E-state index in [0.29, 0.717) is 16.6 Å². The maximum absolute atomic E-state index is 13.1. The highest BCUT2D eigenvalue weighted by Crippen LogP contribution is 2.42. The van der Waals surface area contributed by atoms with Crippen LogP contribution in [0.1, 0.15) is 36.7 Å². The zero-order valence-corrected chi connectivity index (χ0v) is 15.1. The Morgan fingerprint density at radius 3 is 2.41 bits per heavy atom. The van der Waals surface area contributed by atoms with Crippen molar-refractivity contribution in [2.24, 2.45) is 0 Å². The SMILES string of the molecule is CC.CCc1ccc(C(=O)Nc2nc3cc4c(cc3[nH]2)OC(F)(F)O4)cc1. The van der Waals surface area contributed by atoms with Gasteiger partial charge in [-0.3, -0.25) is 10.1 Å². The number of nitrogens with zero attached hydrogens (tertiary/aromatic N) is 1. The predicted molar refractivity (Wildman–Crippen MR) is 97.4 cm³/mol. The van der Waals surface area contributed by atoms with Crippen molar-refractivity contribution in [1.82, 2.24) is 9.97 Å². The Balaban J connectivity index is 0.00000102. The van der Waals surface area contributed by atoms with Gasteiger partial charge >= 0.3 is 6.29 Å². The molecule has 3 aromatic rings. The standard InChI is InChI=1S/C17H13F2N3O3.C2H6/c1-2-9-3-5-10(6-4-9)15(23)22-16-20-11-7-13-14(8-12(11)21-16)25-17(18,19)24-13;1-2/h3-8H,2H2,1H3,(H2,20,21,22,23);1-2H3. The fourth-order valence-corrected chi connectivity index (χ4v) is 2.58. The lowest BCUT2D eigenvalue weighted by atomic mass is 10.1. The first-order valence-electron chi connectivity index (χ1n) is 8.63. The summed E-state index contributed by atoms with van der Waals surface area (Å²) >= 11 is 0. The molecule has 0 unspecified atom stereocenters. The summed E-state index contributed by atoms with van der Waals surface area (Å²) < 4.78 is 34.9. The van der Waals surface area contributed by atoms with Crippen LogP contribution in [0, 0.1) is 0 Å². The van der Waals surface area contributed by atoms with Crippen molar-refractivity contribution in [3.8, 4) is 11.5 Å². The third-order valence-electron chi connectivity index (χ3n) is 3.86. The van der Waals surface area contributed by atoms with Gasteiger partial charge in [0.05, 0.1) is 11.0 Å². The molecule has 0 spiro atoms. The van der Waals surface area contributed by atoms with Crippen molar-refractivity contribution < 1.29 is 23.0 Å². The summed E-state index contributed by atoms with van der Waals surface area (Å²) in [6, 6.07) is 9.90. The average molecular weight is 375 g/mol. The number of amides is 1. The Hall–Kier alpha value is -3.16. The fraction of sp³-hybridized carbons (Fsp3) is 0.263. The smallest absolute Gasteiger partial charge is 0.395 e. The summed E-state index contributed by atoms with van der Waals surface area (Å²) in [6.07, 6.45) is -2.79. The van der Waals surface area contributed by atoms with Crippen LogP contribution in [0.4, 0.5) is 14.7 Å². The second-order valence-corrected chi connectivity index (χ2v) is 5.57. The quantitative estimate of drug-likeness (QED) is 0.694. The van der Waals surface area contributed by atoms with Gasteiger partial charge in [0.1, 0.15) is 0 Å². The number of halogens is 2. The molecule has 0 saturated carbocycles. The number of aromatic amines is 1. The lowest BCUT2D eigenvalue weighted by molar-refractivity contribution is -0.286. The number of hydrogen-bond donors (Lipinski definition) is 2. The molecular weight excluding hydrogens is 356 g/mol. The van der Waals surface area contributed by atoms with Crippen molar-refractivity contribution in [2.45, 2.75) is 33.5 Å². The normalized spacial score (nSPS) is 13.8. The number of aryl methyl sites for hydroxylation is 1. The van der Waals surface area contributed by atoms with E-state index in [-0.39, 0.29) is 23.4 Å². The number of ether oxygens (including phenoxy) is 2. The number of anilines is 1. The number of fused-ring (bicyclic) bond motifs is 2. The number of imidazole rings is 1. The zero-order chi connectivity index (χ0) is 19.6. The van der Waals surface area contributed by atoms with Crippen LogP contribution in [-0.2, 0) is 6.42 Å². The van der Waals surface area contributed by atoms with Gasteiger partial charge in [-0.2, -0.15) is 0 Å². The molecule has 0 atom stereocenters. The van der Waals surface area contributed by atoms with Crippen LogP contribution in [0.3, 0.4) is 0 Å². The highest BCUT2D eigenvalue weighted by atomic mass is 19.3. The summed E-state index contributed by atoms with van der Waals surface area (Å²) in [5, 5.41) is 2.64. The molecule has 1 aliphatic rings. The van der Waals surface area contributed by atoms with E-state index >= 15 is 0 Å². The average Bonchev–Trinajstić information content (AvgIpc) is 3.17. The van der Waals surface area contributed by atoms with Crippen LogP contribution in [0.25, 0.3) is 11.0 Å². The third-order valence-corrected chi connectivity index (χ3v) is 3.86. The van der Waals surface area contributed by atoms with Crippen molar-refractivity contribution >= 4 is 22.9 Å². The molecule has 4 rings (SSSR count). The van der Waals surface area contributed by atoms with Gasteiger partial charge in [0.2, 0.25) is 5.95 Å². The van der Waals surface area contributed by atoms with Gasteiger partial charge in [0.15, 0.2) is 11.5 Å². The molecule has 0 fully saturated rings. The van der Waals surface area contributed by atoms with Gasteiger partial charge in [-0.1, -0.05) is 32.9 Å². The van der Waals surface area contributed by atoms with Crippen LogP contribution >= 0.6 is 0 Å². The van der Waals surface area contributed by atoms with Crippen LogP contribution in [0.5, 0.6) is 11.5 Å². The number of aromatic nitrogens is 2. The second kappa shape index (κ2) is 7.22. The number of rotatable bonds is 3. The first-order chi connectivity index (χ1) is 12.9. The summed E-state index contributed by atoms with van der Waals surface area (Å²) in [4.78, 5) is 19.3. The monoisotopic (exact) mass is 375 g/mol. The fourth-order valence-electron chi connectivity index (χ4n) is 2.58. The highest BCUT2D eigenvalue weighted by molar-refractivity contribution is 6.04. The van der Waals surface area contributed by atoms with E-state index in [1.54, 1.807) is 12.1 Å². The minimum absolute atomic E-state index is 0.0887. The predicted octanol–water partition coefficient (Wildman–Crippen LogP) is 4.73. The van der Waals surface area contributed by atoms with Gasteiger partial charge in [-0.05, 0) is 24.1 Å². The molecule has 1 amide bonds. The second-order valence-electron chi connectivity index (χ2n) is 5.57.